The summed E-state index contributed by atoms with van der Waals surface area (Å²) in [5.41, 5.74) is 0. The van der Waals surface area contributed by atoms with Crippen LogP contribution in [0.25, 0.3) is 0 Å². The van der Waals surface area contributed by atoms with Crippen molar-refractivity contribution < 1.29 is 4.74 Å². The van der Waals surface area contributed by atoms with Crippen LogP contribution in [-0.2, 0) is 4.74 Å². The highest BCUT2D eigenvalue weighted by atomic mass is 127. The molecule has 0 aliphatic rings. The smallest absolute Gasteiger partial charge is 0.191 e. The van der Waals surface area contributed by atoms with Crippen LogP contribution in [0.2, 0.25) is 0 Å². The Balaban J connectivity index is 0.00000441. The van der Waals surface area contributed by atoms with E-state index in [0.717, 1.165) is 36.5 Å². The predicted octanol–water partition coefficient (Wildman–Crippen LogP) is 3.75. The largest absolute Gasteiger partial charge is 0.385 e. The highest BCUT2D eigenvalue weighted by Crippen LogP contribution is 2.24. The zero-order chi connectivity index (χ0) is 15.5. The van der Waals surface area contributed by atoms with Crippen molar-refractivity contribution in [2.24, 2.45) is 4.99 Å². The van der Waals surface area contributed by atoms with Crippen molar-refractivity contribution in [3.05, 3.63) is 28.7 Å². The van der Waals surface area contributed by atoms with Gasteiger partial charge in [-0.25, -0.2) is 0 Å². The quantitative estimate of drug-likeness (QED) is 0.187. The van der Waals surface area contributed by atoms with E-state index in [4.69, 9.17) is 4.74 Å². The maximum absolute atomic E-state index is 5.02. The Morgan fingerprint density at radius 2 is 2.00 bits per heavy atom. The first-order chi connectivity index (χ1) is 10.2. The van der Waals surface area contributed by atoms with Gasteiger partial charge in [0.2, 0.25) is 0 Å². The number of thioether (sulfide) groups is 1. The fraction of sp³-hybridized carbons (Fsp3) is 0.533. The lowest BCUT2D eigenvalue weighted by molar-refractivity contribution is 0.195. The monoisotopic (exact) mass is 501 g/mol. The van der Waals surface area contributed by atoms with Gasteiger partial charge in [-0.2, -0.15) is 0 Å². The minimum atomic E-state index is 0. The second-order valence-electron chi connectivity index (χ2n) is 4.61. The van der Waals surface area contributed by atoms with Crippen LogP contribution in [0.1, 0.15) is 13.3 Å². The molecule has 0 spiro atoms. The molecule has 22 heavy (non-hydrogen) atoms. The second-order valence-corrected chi connectivity index (χ2v) is 7.04. The van der Waals surface area contributed by atoms with Crippen LogP contribution in [0, 0.1) is 0 Å². The van der Waals surface area contributed by atoms with Gasteiger partial charge in [-0.3, -0.25) is 4.99 Å². The number of rotatable bonds is 8. The van der Waals surface area contributed by atoms with Crippen molar-refractivity contribution in [1.82, 2.24) is 10.6 Å². The molecular formula is C15H25BrIN3OS. The van der Waals surface area contributed by atoms with E-state index in [-0.39, 0.29) is 24.0 Å². The summed E-state index contributed by atoms with van der Waals surface area (Å²) in [6.45, 7) is 4.70. The molecule has 0 aliphatic carbocycles. The molecule has 4 nitrogen and oxygen atoms in total. The fourth-order valence-electron chi connectivity index (χ4n) is 1.67. The summed E-state index contributed by atoms with van der Waals surface area (Å²) >= 11 is 5.30. The Hall–Kier alpha value is 0.01000. The SMILES string of the molecule is CN=C(NCCCOC)NCC(C)Sc1ccc(Br)cc1.I. The van der Waals surface area contributed by atoms with Crippen LogP contribution in [0.4, 0.5) is 0 Å². The summed E-state index contributed by atoms with van der Waals surface area (Å²) in [5.74, 6) is 0.842. The molecule has 2 N–H and O–H groups in total. The standard InChI is InChI=1S/C15H24BrN3OS.HI/c1-12(21-14-7-5-13(16)6-8-14)11-19-15(17-2)18-9-4-10-20-3;/h5-8,12H,4,9-11H2,1-3H3,(H2,17,18,19);1H. The highest BCUT2D eigenvalue weighted by molar-refractivity contribution is 14.0. The fourth-order valence-corrected chi connectivity index (χ4v) is 2.86. The highest BCUT2D eigenvalue weighted by Gasteiger charge is 2.06. The lowest BCUT2D eigenvalue weighted by atomic mass is 10.4. The molecule has 7 heteroatoms. The van der Waals surface area contributed by atoms with Gasteiger partial charge >= 0.3 is 0 Å². The molecule has 0 heterocycles. The molecule has 0 bridgehead atoms. The molecule has 1 atom stereocenters. The van der Waals surface area contributed by atoms with Crippen molar-refractivity contribution >= 4 is 57.6 Å². The molecule has 1 aromatic rings. The summed E-state index contributed by atoms with van der Waals surface area (Å²) in [4.78, 5) is 5.49. The number of hydrogen-bond acceptors (Lipinski definition) is 3. The number of benzene rings is 1. The Morgan fingerprint density at radius 3 is 2.59 bits per heavy atom. The Kier molecular flexibility index (Phi) is 13.5. The van der Waals surface area contributed by atoms with Gasteiger partial charge in [-0.15, -0.1) is 35.7 Å². The molecule has 126 valence electrons. The van der Waals surface area contributed by atoms with Gasteiger partial charge in [0, 0.05) is 48.5 Å². The topological polar surface area (TPSA) is 45.7 Å². The molecule has 0 fully saturated rings. The molecule has 0 saturated heterocycles. The van der Waals surface area contributed by atoms with E-state index in [2.05, 4.69) is 62.7 Å². The minimum Gasteiger partial charge on any atom is -0.385 e. The predicted molar refractivity (Wildman–Crippen MR) is 111 cm³/mol. The van der Waals surface area contributed by atoms with Crippen LogP contribution in [0.5, 0.6) is 0 Å². The molecular weight excluding hydrogens is 477 g/mol. The van der Waals surface area contributed by atoms with Crippen LogP contribution in [-0.4, -0.2) is 45.1 Å². The molecule has 1 rings (SSSR count). The summed E-state index contributed by atoms with van der Waals surface area (Å²) in [6.07, 6.45) is 0.973. The van der Waals surface area contributed by atoms with Crippen molar-refractivity contribution in [2.45, 2.75) is 23.5 Å². The van der Waals surface area contributed by atoms with Crippen molar-refractivity contribution in [1.29, 1.82) is 0 Å². The number of guanidine groups is 1. The lowest BCUT2D eigenvalue weighted by Gasteiger charge is -2.16. The van der Waals surface area contributed by atoms with Crippen LogP contribution in [0.3, 0.4) is 0 Å². The van der Waals surface area contributed by atoms with E-state index in [0.29, 0.717) is 5.25 Å². The first-order valence-corrected chi connectivity index (χ1v) is 8.68. The van der Waals surface area contributed by atoms with Crippen LogP contribution in [0.15, 0.2) is 38.6 Å². The van der Waals surface area contributed by atoms with Gasteiger partial charge in [0.15, 0.2) is 5.96 Å². The molecule has 1 unspecified atom stereocenters. The minimum absolute atomic E-state index is 0. The molecule has 0 aliphatic heterocycles. The van der Waals surface area contributed by atoms with E-state index in [1.54, 1.807) is 14.2 Å². The van der Waals surface area contributed by atoms with Gasteiger partial charge in [-0.05, 0) is 30.7 Å². The molecule has 0 saturated carbocycles. The Bertz CT molecular complexity index is 431. The van der Waals surface area contributed by atoms with E-state index in [9.17, 15) is 0 Å². The zero-order valence-corrected chi connectivity index (χ0v) is 18.0. The van der Waals surface area contributed by atoms with Gasteiger partial charge < -0.3 is 15.4 Å². The Morgan fingerprint density at radius 1 is 1.32 bits per heavy atom. The number of halogens is 2. The van der Waals surface area contributed by atoms with Crippen molar-refractivity contribution in [2.75, 3.05) is 33.9 Å². The van der Waals surface area contributed by atoms with Crippen LogP contribution < -0.4 is 10.6 Å². The van der Waals surface area contributed by atoms with Gasteiger partial charge in [0.1, 0.15) is 0 Å². The number of aliphatic imine (C=N–C) groups is 1. The number of ether oxygens (including phenoxy) is 1. The van der Waals surface area contributed by atoms with Gasteiger partial charge in [0.25, 0.3) is 0 Å². The molecule has 0 aromatic heterocycles. The molecule has 0 amide bonds. The number of methoxy groups -OCH3 is 1. The number of nitrogens with zero attached hydrogens (tertiary/aromatic N) is 1. The first-order valence-electron chi connectivity index (χ1n) is 7.01. The summed E-state index contributed by atoms with van der Waals surface area (Å²) < 4.78 is 6.13. The average Bonchev–Trinajstić information content (AvgIpc) is 2.49. The first kappa shape index (κ1) is 22.0. The third kappa shape index (κ3) is 9.91. The van der Waals surface area contributed by atoms with Crippen molar-refractivity contribution in [3.8, 4) is 0 Å². The van der Waals surface area contributed by atoms with Crippen molar-refractivity contribution in [3.63, 3.8) is 0 Å². The van der Waals surface area contributed by atoms with Gasteiger partial charge in [0.05, 0.1) is 0 Å². The van der Waals surface area contributed by atoms with Crippen LogP contribution >= 0.6 is 51.7 Å². The van der Waals surface area contributed by atoms with E-state index in [1.165, 1.54) is 4.90 Å². The summed E-state index contributed by atoms with van der Waals surface area (Å²) in [6, 6.07) is 8.39. The summed E-state index contributed by atoms with van der Waals surface area (Å²) in [7, 11) is 3.51. The summed E-state index contributed by atoms with van der Waals surface area (Å²) in [5, 5.41) is 7.08. The lowest BCUT2D eigenvalue weighted by Crippen LogP contribution is -2.40. The normalized spacial score (nSPS) is 12.5. The molecule has 0 radical (unpaired) electrons. The Labute approximate surface area is 163 Å². The average molecular weight is 502 g/mol. The molecule has 1 aromatic carbocycles. The maximum Gasteiger partial charge on any atom is 0.191 e. The van der Waals surface area contributed by atoms with Gasteiger partial charge in [-0.1, -0.05) is 22.9 Å². The zero-order valence-electron chi connectivity index (χ0n) is 13.3. The third-order valence-corrected chi connectivity index (χ3v) is 4.39. The van der Waals surface area contributed by atoms with E-state index < -0.39 is 0 Å². The number of hydrogen-bond donors (Lipinski definition) is 2. The maximum atomic E-state index is 5.02. The number of nitrogens with one attached hydrogen (secondary N) is 2. The van der Waals surface area contributed by atoms with E-state index >= 15 is 0 Å². The van der Waals surface area contributed by atoms with E-state index in [1.807, 2.05) is 11.8 Å². The third-order valence-electron chi connectivity index (χ3n) is 2.75. The second kappa shape index (κ2) is 13.4.